The zero-order valence-electron chi connectivity index (χ0n) is 17.6. The Balaban J connectivity index is 1.57. The second-order valence-corrected chi connectivity index (χ2v) is 7.61. The van der Waals surface area contributed by atoms with Crippen molar-refractivity contribution in [3.8, 4) is 0 Å². The van der Waals surface area contributed by atoms with Gasteiger partial charge < -0.3 is 11.1 Å². The SMILES string of the molecule is CC(Nc1ncnc2c(C(N)=O)cccc12)c1cccc(Cc2cc(C(F)(F)F)ccn2)c1. The Morgan fingerprint density at radius 2 is 1.85 bits per heavy atom. The molecule has 4 rings (SSSR count). The van der Waals surface area contributed by atoms with Crippen molar-refractivity contribution in [2.24, 2.45) is 5.73 Å². The quantitative estimate of drug-likeness (QED) is 0.435. The van der Waals surface area contributed by atoms with E-state index < -0.39 is 17.6 Å². The van der Waals surface area contributed by atoms with Gasteiger partial charge in [-0.2, -0.15) is 13.2 Å². The van der Waals surface area contributed by atoms with Crippen molar-refractivity contribution < 1.29 is 18.0 Å². The van der Waals surface area contributed by atoms with Crippen molar-refractivity contribution in [2.45, 2.75) is 25.6 Å². The Bertz CT molecular complexity index is 1320. The Morgan fingerprint density at radius 3 is 2.61 bits per heavy atom. The molecule has 1 unspecified atom stereocenters. The second kappa shape index (κ2) is 8.85. The van der Waals surface area contributed by atoms with Crippen molar-refractivity contribution in [1.29, 1.82) is 0 Å². The lowest BCUT2D eigenvalue weighted by Crippen LogP contribution is -2.13. The third-order valence-electron chi connectivity index (χ3n) is 5.26. The van der Waals surface area contributed by atoms with E-state index in [-0.39, 0.29) is 12.5 Å². The van der Waals surface area contributed by atoms with E-state index >= 15 is 0 Å². The van der Waals surface area contributed by atoms with Crippen molar-refractivity contribution in [1.82, 2.24) is 15.0 Å². The summed E-state index contributed by atoms with van der Waals surface area (Å²) in [5.74, 6) is -0.0326. The first-order chi connectivity index (χ1) is 15.7. The van der Waals surface area contributed by atoms with Crippen molar-refractivity contribution in [3.05, 3.63) is 95.1 Å². The van der Waals surface area contributed by atoms with Gasteiger partial charge >= 0.3 is 6.18 Å². The second-order valence-electron chi connectivity index (χ2n) is 7.61. The number of carbonyl (C=O) groups is 1. The number of nitrogens with two attached hydrogens (primary N) is 1. The van der Waals surface area contributed by atoms with Gasteiger partial charge in [0, 0.05) is 29.7 Å². The summed E-state index contributed by atoms with van der Waals surface area (Å²) in [6.07, 6.45) is -1.61. The number of rotatable bonds is 6. The molecule has 4 aromatic rings. The number of nitrogens with one attached hydrogen (secondary N) is 1. The number of hydrogen-bond acceptors (Lipinski definition) is 5. The fourth-order valence-electron chi connectivity index (χ4n) is 3.62. The van der Waals surface area contributed by atoms with Crippen LogP contribution in [0.5, 0.6) is 0 Å². The van der Waals surface area contributed by atoms with Crippen LogP contribution in [0, 0.1) is 0 Å². The Morgan fingerprint density at radius 1 is 1.06 bits per heavy atom. The number of carbonyl (C=O) groups excluding carboxylic acids is 1. The maximum atomic E-state index is 13.0. The van der Waals surface area contributed by atoms with E-state index in [0.29, 0.717) is 28.0 Å². The summed E-state index contributed by atoms with van der Waals surface area (Å²) >= 11 is 0. The van der Waals surface area contributed by atoms with E-state index in [1.165, 1.54) is 12.5 Å². The highest BCUT2D eigenvalue weighted by Crippen LogP contribution is 2.30. The van der Waals surface area contributed by atoms with E-state index in [0.717, 1.165) is 23.3 Å². The van der Waals surface area contributed by atoms with Gasteiger partial charge in [0.1, 0.15) is 12.1 Å². The van der Waals surface area contributed by atoms with Gasteiger partial charge in [0.15, 0.2) is 0 Å². The Labute approximate surface area is 187 Å². The molecule has 2 heterocycles. The molecule has 0 spiro atoms. The van der Waals surface area contributed by atoms with Crippen LogP contribution in [0.25, 0.3) is 10.9 Å². The summed E-state index contributed by atoms with van der Waals surface area (Å²) in [5, 5.41) is 3.98. The smallest absolute Gasteiger partial charge is 0.366 e. The molecular formula is C24H20F3N5O. The van der Waals surface area contributed by atoms with Gasteiger partial charge in [-0.05, 0) is 42.3 Å². The molecule has 0 saturated carbocycles. The van der Waals surface area contributed by atoms with Crippen molar-refractivity contribution in [3.63, 3.8) is 0 Å². The molecule has 0 saturated heterocycles. The minimum atomic E-state index is -4.41. The first-order valence-electron chi connectivity index (χ1n) is 10.1. The molecule has 0 aliphatic carbocycles. The van der Waals surface area contributed by atoms with Crippen LogP contribution in [0.15, 0.2) is 67.1 Å². The van der Waals surface area contributed by atoms with Gasteiger partial charge in [-0.3, -0.25) is 9.78 Å². The number of alkyl halides is 3. The molecule has 1 atom stereocenters. The zero-order valence-corrected chi connectivity index (χ0v) is 17.6. The average Bonchev–Trinajstić information content (AvgIpc) is 2.78. The van der Waals surface area contributed by atoms with E-state index in [4.69, 9.17) is 5.73 Å². The molecule has 0 aliphatic heterocycles. The maximum absolute atomic E-state index is 13.0. The van der Waals surface area contributed by atoms with Crippen LogP contribution >= 0.6 is 0 Å². The molecule has 9 heteroatoms. The highest BCUT2D eigenvalue weighted by atomic mass is 19.4. The van der Waals surface area contributed by atoms with Crippen LogP contribution in [-0.2, 0) is 12.6 Å². The van der Waals surface area contributed by atoms with Crippen LogP contribution in [0.4, 0.5) is 19.0 Å². The molecule has 33 heavy (non-hydrogen) atoms. The summed E-state index contributed by atoms with van der Waals surface area (Å²) in [6.45, 7) is 1.94. The van der Waals surface area contributed by atoms with Crippen LogP contribution < -0.4 is 11.1 Å². The van der Waals surface area contributed by atoms with Crippen LogP contribution in [-0.4, -0.2) is 20.9 Å². The summed E-state index contributed by atoms with van der Waals surface area (Å²) in [6, 6.07) is 14.5. The number of benzene rings is 2. The monoisotopic (exact) mass is 451 g/mol. The van der Waals surface area contributed by atoms with Crippen molar-refractivity contribution >= 4 is 22.6 Å². The van der Waals surface area contributed by atoms with Crippen molar-refractivity contribution in [2.75, 3.05) is 5.32 Å². The number of fused-ring (bicyclic) bond motifs is 1. The number of halogens is 3. The number of aromatic nitrogens is 3. The van der Waals surface area contributed by atoms with Gasteiger partial charge in [0.05, 0.1) is 16.6 Å². The molecule has 0 aliphatic rings. The minimum absolute atomic E-state index is 0.185. The molecule has 6 nitrogen and oxygen atoms in total. The molecular weight excluding hydrogens is 431 g/mol. The van der Waals surface area contributed by atoms with E-state index in [1.54, 1.807) is 18.2 Å². The largest absolute Gasteiger partial charge is 0.416 e. The van der Waals surface area contributed by atoms with E-state index in [9.17, 15) is 18.0 Å². The van der Waals surface area contributed by atoms with Gasteiger partial charge in [0.2, 0.25) is 0 Å². The molecule has 168 valence electrons. The maximum Gasteiger partial charge on any atom is 0.416 e. The lowest BCUT2D eigenvalue weighted by Gasteiger charge is -2.17. The molecule has 1 amide bonds. The molecule has 0 fully saturated rings. The summed E-state index contributed by atoms with van der Waals surface area (Å²) in [4.78, 5) is 24.3. The van der Waals surface area contributed by atoms with Gasteiger partial charge in [0.25, 0.3) is 5.91 Å². The van der Waals surface area contributed by atoms with Gasteiger partial charge in [-0.25, -0.2) is 9.97 Å². The molecule has 0 radical (unpaired) electrons. The highest BCUT2D eigenvalue weighted by Gasteiger charge is 2.30. The lowest BCUT2D eigenvalue weighted by molar-refractivity contribution is -0.137. The predicted molar refractivity (Wildman–Crippen MR) is 119 cm³/mol. The Hall–Kier alpha value is -4.01. The third kappa shape index (κ3) is 4.92. The number of para-hydroxylation sites is 1. The number of hydrogen-bond donors (Lipinski definition) is 2. The first kappa shape index (κ1) is 22.2. The first-order valence-corrected chi connectivity index (χ1v) is 10.1. The molecule has 2 aromatic heterocycles. The predicted octanol–water partition coefficient (Wildman–Crippen LogP) is 4.91. The summed E-state index contributed by atoms with van der Waals surface area (Å²) < 4.78 is 39.0. The number of pyridine rings is 1. The van der Waals surface area contributed by atoms with Crippen LogP contribution in [0.1, 0.15) is 45.7 Å². The normalized spacial score (nSPS) is 12.5. The fraction of sp³-hybridized carbons (Fsp3) is 0.167. The van der Waals surface area contributed by atoms with E-state index in [1.807, 2.05) is 31.2 Å². The number of nitrogens with zero attached hydrogens (tertiary/aromatic N) is 3. The number of anilines is 1. The van der Waals surface area contributed by atoms with Crippen LogP contribution in [0.3, 0.4) is 0 Å². The molecule has 2 aromatic carbocycles. The topological polar surface area (TPSA) is 93.8 Å². The van der Waals surface area contributed by atoms with Gasteiger partial charge in [-0.15, -0.1) is 0 Å². The molecule has 0 bridgehead atoms. The minimum Gasteiger partial charge on any atom is -0.366 e. The zero-order chi connectivity index (χ0) is 23.6. The van der Waals surface area contributed by atoms with Gasteiger partial charge in [-0.1, -0.05) is 30.3 Å². The average molecular weight is 451 g/mol. The summed E-state index contributed by atoms with van der Waals surface area (Å²) in [7, 11) is 0. The summed E-state index contributed by atoms with van der Waals surface area (Å²) in [5.41, 5.74) is 7.57. The fourth-order valence-corrected chi connectivity index (χ4v) is 3.62. The van der Waals surface area contributed by atoms with Crippen LogP contribution in [0.2, 0.25) is 0 Å². The molecule has 3 N–H and O–H groups in total. The third-order valence-corrected chi connectivity index (χ3v) is 5.26. The number of amides is 1. The number of primary amides is 1. The highest BCUT2D eigenvalue weighted by molar-refractivity contribution is 6.06. The standard InChI is InChI=1S/C24H20F3N5O/c1-14(32-23-20-7-3-6-19(22(28)33)21(20)30-13-31-23)16-5-2-4-15(10-16)11-18-12-17(8-9-29-18)24(25,26)27/h2-10,12-14H,11H2,1H3,(H2,28,33)(H,30,31,32). The van der Waals surface area contributed by atoms with E-state index in [2.05, 4.69) is 20.3 Å². The Kier molecular flexibility index (Phi) is 5.95. The lowest BCUT2D eigenvalue weighted by atomic mass is 10.0.